The fourth-order valence-corrected chi connectivity index (χ4v) is 10.9. The van der Waals surface area contributed by atoms with E-state index >= 15 is 0 Å². The molecule has 6 fully saturated rings. The zero-order chi connectivity index (χ0) is 33.4. The van der Waals surface area contributed by atoms with Crippen LogP contribution >= 0.6 is 0 Å². The highest BCUT2D eigenvalue weighted by atomic mass is 16.6. The molecule has 284 valence electrons. The lowest BCUT2D eigenvalue weighted by Crippen LogP contribution is -2.13. The van der Waals surface area contributed by atoms with Gasteiger partial charge >= 0.3 is 0 Å². The summed E-state index contributed by atoms with van der Waals surface area (Å²) in [4.78, 5) is 0. The van der Waals surface area contributed by atoms with Crippen molar-refractivity contribution in [3.8, 4) is 0 Å². The van der Waals surface area contributed by atoms with E-state index in [1.807, 2.05) is 0 Å². The Balaban J connectivity index is 0.738. The second kappa shape index (κ2) is 22.2. The van der Waals surface area contributed by atoms with Crippen molar-refractivity contribution in [3.63, 3.8) is 0 Å². The third-order valence-corrected chi connectivity index (χ3v) is 14.5. The van der Waals surface area contributed by atoms with Gasteiger partial charge in [0.1, 0.15) is 0 Å². The minimum absolute atomic E-state index is 0.669. The first kappa shape index (κ1) is 38.6. The fraction of sp³-hybridized carbons (Fsp3) is 1.00. The Morgan fingerprint density at radius 1 is 0.286 bits per heavy atom. The summed E-state index contributed by atoms with van der Waals surface area (Å²) in [6, 6.07) is 0. The average molecular weight is 683 g/mol. The molecule has 3 heteroatoms. The normalized spacial score (nSPS) is 33.4. The molecule has 0 aromatic heterocycles. The van der Waals surface area contributed by atoms with E-state index in [2.05, 4.69) is 0 Å². The monoisotopic (exact) mass is 683 g/mol. The van der Waals surface area contributed by atoms with Crippen LogP contribution in [0.1, 0.15) is 231 Å². The summed E-state index contributed by atoms with van der Waals surface area (Å²) < 4.78 is 17.2. The number of hydrogen-bond donors (Lipinski definition) is 0. The van der Waals surface area contributed by atoms with Gasteiger partial charge in [-0.05, 0) is 81.5 Å². The first-order valence-electron chi connectivity index (χ1n) is 23.3. The molecule has 0 bridgehead atoms. The molecule has 49 heavy (non-hydrogen) atoms. The maximum absolute atomic E-state index is 5.74. The third-order valence-electron chi connectivity index (χ3n) is 14.5. The van der Waals surface area contributed by atoms with Gasteiger partial charge in [-0.1, -0.05) is 173 Å². The van der Waals surface area contributed by atoms with E-state index < -0.39 is 0 Å². The molecule has 3 nitrogen and oxygen atoms in total. The van der Waals surface area contributed by atoms with E-state index in [4.69, 9.17) is 14.2 Å². The van der Waals surface area contributed by atoms with E-state index in [0.29, 0.717) is 36.6 Å². The molecule has 0 amide bonds. The smallest absolute Gasteiger partial charge is 0.0844 e. The molecule has 3 aliphatic heterocycles. The highest BCUT2D eigenvalue weighted by molar-refractivity contribution is 4.93. The zero-order valence-electron chi connectivity index (χ0n) is 32.5. The van der Waals surface area contributed by atoms with Crippen LogP contribution in [-0.4, -0.2) is 36.6 Å². The van der Waals surface area contributed by atoms with E-state index in [9.17, 15) is 0 Å². The Bertz CT molecular complexity index is 750. The summed E-state index contributed by atoms with van der Waals surface area (Å²) >= 11 is 0. The number of hydrogen-bond acceptors (Lipinski definition) is 3. The summed E-state index contributed by atoms with van der Waals surface area (Å²) in [6.45, 7) is 0. The van der Waals surface area contributed by atoms with Crippen LogP contribution in [0.5, 0.6) is 0 Å². The third kappa shape index (κ3) is 15.4. The summed E-state index contributed by atoms with van der Waals surface area (Å²) in [7, 11) is 0. The van der Waals surface area contributed by atoms with Crippen LogP contribution < -0.4 is 0 Å². The van der Waals surface area contributed by atoms with Gasteiger partial charge in [-0.3, -0.25) is 0 Å². The highest BCUT2D eigenvalue weighted by Crippen LogP contribution is 2.43. The maximum Gasteiger partial charge on any atom is 0.0844 e. The van der Waals surface area contributed by atoms with E-state index in [1.165, 1.54) is 231 Å². The van der Waals surface area contributed by atoms with Crippen molar-refractivity contribution in [2.75, 3.05) is 0 Å². The van der Waals surface area contributed by atoms with E-state index in [0.717, 1.165) is 23.7 Å². The Labute approximate surface area is 304 Å². The van der Waals surface area contributed by atoms with Crippen LogP contribution in [0.3, 0.4) is 0 Å². The largest absolute Gasteiger partial charge is 0.370 e. The SMILES string of the molecule is C(CCCCC(CCCCCCCCCC1CCC2OC2C1)CCCCCCCCCC1CCC2OC2C1)CCCCC1CCC2OC2C1. The molecule has 0 spiro atoms. The number of ether oxygens (including phenoxy) is 3. The molecule has 9 atom stereocenters. The Hall–Kier alpha value is -0.120. The van der Waals surface area contributed by atoms with Crippen molar-refractivity contribution >= 4 is 0 Å². The lowest BCUT2D eigenvalue weighted by atomic mass is 9.85. The summed E-state index contributed by atoms with van der Waals surface area (Å²) in [5.41, 5.74) is 0. The first-order chi connectivity index (χ1) is 24.3. The minimum atomic E-state index is 0.669. The van der Waals surface area contributed by atoms with Gasteiger partial charge in [-0.2, -0.15) is 0 Å². The predicted octanol–water partition coefficient (Wildman–Crippen LogP) is 13.8. The van der Waals surface area contributed by atoms with E-state index in [-0.39, 0.29) is 0 Å². The van der Waals surface area contributed by atoms with Crippen LogP contribution in [0, 0.1) is 23.7 Å². The summed E-state index contributed by atoms with van der Waals surface area (Å²) in [6.07, 6.45) is 56.7. The molecule has 3 saturated carbocycles. The number of unbranched alkanes of at least 4 members (excludes halogenated alkanes) is 18. The predicted molar refractivity (Wildman–Crippen MR) is 206 cm³/mol. The summed E-state index contributed by atoms with van der Waals surface area (Å²) in [5, 5.41) is 0. The van der Waals surface area contributed by atoms with Crippen LogP contribution in [0.15, 0.2) is 0 Å². The molecule has 9 unspecified atom stereocenters. The number of epoxide rings is 3. The van der Waals surface area contributed by atoms with Crippen molar-refractivity contribution in [1.29, 1.82) is 0 Å². The Morgan fingerprint density at radius 2 is 0.551 bits per heavy atom. The topological polar surface area (TPSA) is 37.6 Å². The van der Waals surface area contributed by atoms with Crippen LogP contribution in [0.4, 0.5) is 0 Å². The number of rotatable bonds is 30. The molecule has 0 aromatic rings. The molecule has 6 aliphatic rings. The van der Waals surface area contributed by atoms with Crippen molar-refractivity contribution < 1.29 is 14.2 Å². The molecule has 0 aromatic carbocycles. The van der Waals surface area contributed by atoms with Gasteiger partial charge < -0.3 is 14.2 Å². The maximum atomic E-state index is 5.74. The van der Waals surface area contributed by atoms with Gasteiger partial charge in [-0.25, -0.2) is 0 Å². The van der Waals surface area contributed by atoms with Gasteiger partial charge in [-0.15, -0.1) is 0 Å². The summed E-state index contributed by atoms with van der Waals surface area (Å²) in [5.74, 6) is 3.96. The molecular weight excluding hydrogens is 601 g/mol. The average Bonchev–Trinajstić information content (AvgIpc) is 4.01. The Morgan fingerprint density at radius 3 is 0.837 bits per heavy atom. The van der Waals surface area contributed by atoms with Crippen LogP contribution in [0.25, 0.3) is 0 Å². The van der Waals surface area contributed by atoms with Crippen molar-refractivity contribution in [2.45, 2.75) is 268 Å². The Kier molecular flexibility index (Phi) is 17.5. The standard InChI is InChI=1S/C46H82O3/c1(7-13-19-25-38-28-31-41-44(34-38)47-41)4-10-16-22-37(23-17-11-5-2-8-14-20-26-39-29-32-42-45(35-39)48-42)24-18-12-6-3-9-15-21-27-40-30-33-43-46(36-40)49-43/h37-46H,1-36H2. The van der Waals surface area contributed by atoms with Gasteiger partial charge in [0.25, 0.3) is 0 Å². The molecule has 3 saturated heterocycles. The molecular formula is C46H82O3. The van der Waals surface area contributed by atoms with Gasteiger partial charge in [0.2, 0.25) is 0 Å². The van der Waals surface area contributed by atoms with Gasteiger partial charge in [0.05, 0.1) is 36.6 Å². The minimum Gasteiger partial charge on any atom is -0.370 e. The molecule has 6 rings (SSSR count). The van der Waals surface area contributed by atoms with Crippen LogP contribution in [0.2, 0.25) is 0 Å². The van der Waals surface area contributed by atoms with Gasteiger partial charge in [0.15, 0.2) is 0 Å². The molecule has 0 N–H and O–H groups in total. The number of fused-ring (bicyclic) bond motifs is 3. The lowest BCUT2D eigenvalue weighted by molar-refractivity contribution is 0.341. The lowest BCUT2D eigenvalue weighted by Gasteiger charge is -2.18. The van der Waals surface area contributed by atoms with Crippen molar-refractivity contribution in [2.24, 2.45) is 23.7 Å². The van der Waals surface area contributed by atoms with Crippen molar-refractivity contribution in [1.82, 2.24) is 0 Å². The van der Waals surface area contributed by atoms with Gasteiger partial charge in [0, 0.05) is 0 Å². The molecule has 0 radical (unpaired) electrons. The zero-order valence-corrected chi connectivity index (χ0v) is 32.5. The molecule has 3 heterocycles. The fourth-order valence-electron chi connectivity index (χ4n) is 10.9. The first-order valence-corrected chi connectivity index (χ1v) is 23.3. The second-order valence-electron chi connectivity index (χ2n) is 18.7. The highest BCUT2D eigenvalue weighted by Gasteiger charge is 2.45. The molecule has 3 aliphatic carbocycles. The quantitative estimate of drug-likeness (QED) is 0.0559. The van der Waals surface area contributed by atoms with Crippen LogP contribution in [-0.2, 0) is 14.2 Å². The van der Waals surface area contributed by atoms with Crippen molar-refractivity contribution in [3.05, 3.63) is 0 Å². The second-order valence-corrected chi connectivity index (χ2v) is 18.7. The van der Waals surface area contributed by atoms with E-state index in [1.54, 1.807) is 0 Å².